The molecule has 0 aliphatic rings. The first-order chi connectivity index (χ1) is 6.65. The predicted molar refractivity (Wildman–Crippen MR) is 43.3 cm³/mol. The highest BCUT2D eigenvalue weighted by Gasteiger charge is 2.10. The van der Waals surface area contributed by atoms with Crippen LogP contribution in [0.2, 0.25) is 0 Å². The molecule has 0 unspecified atom stereocenters. The van der Waals surface area contributed by atoms with Gasteiger partial charge in [0, 0.05) is 0 Å². The molecule has 0 spiro atoms. The molecule has 1 rings (SSSR count). The Kier molecular flexibility index (Phi) is 3.50. The summed E-state index contributed by atoms with van der Waals surface area (Å²) < 4.78 is 40.9. The summed E-state index contributed by atoms with van der Waals surface area (Å²) in [7, 11) is 0. The Morgan fingerprint density at radius 1 is 1.43 bits per heavy atom. The summed E-state index contributed by atoms with van der Waals surface area (Å²) in [5, 5.41) is 0. The summed E-state index contributed by atoms with van der Waals surface area (Å²) >= 11 is 0. The van der Waals surface area contributed by atoms with E-state index in [0.717, 1.165) is 6.07 Å². The van der Waals surface area contributed by atoms with Gasteiger partial charge in [0.1, 0.15) is 18.2 Å². The van der Waals surface area contributed by atoms with Crippen LogP contribution in [0.25, 0.3) is 0 Å². The summed E-state index contributed by atoms with van der Waals surface area (Å²) in [4.78, 5) is 10.4. The van der Waals surface area contributed by atoms with E-state index in [1.165, 1.54) is 12.1 Å². The molecule has 0 aromatic heterocycles. The van der Waals surface area contributed by atoms with E-state index in [-0.39, 0.29) is 17.6 Å². The molecule has 0 saturated carbocycles. The molecule has 0 atom stereocenters. The molecule has 0 heterocycles. The van der Waals surface area contributed by atoms with Crippen LogP contribution in [0, 0.1) is 5.82 Å². The van der Waals surface area contributed by atoms with Gasteiger partial charge >= 0.3 is 0 Å². The first-order valence-electron chi connectivity index (χ1n) is 3.79. The Morgan fingerprint density at radius 3 is 2.71 bits per heavy atom. The minimum Gasteiger partial charge on any atom is -0.487 e. The zero-order valence-electron chi connectivity index (χ0n) is 7.04. The zero-order chi connectivity index (χ0) is 10.6. The molecule has 0 bridgehead atoms. The number of ether oxygens (including phenoxy) is 1. The van der Waals surface area contributed by atoms with E-state index in [1.54, 1.807) is 0 Å². The number of hydrogen-bond acceptors (Lipinski definition) is 2. The summed E-state index contributed by atoms with van der Waals surface area (Å²) in [6.45, 7) is -0.857. The van der Waals surface area contributed by atoms with Gasteiger partial charge in [-0.2, -0.15) is 0 Å². The fraction of sp³-hybridized carbons (Fsp3) is 0.222. The van der Waals surface area contributed by atoms with Crippen LogP contribution >= 0.6 is 0 Å². The van der Waals surface area contributed by atoms with Crippen LogP contribution in [0.4, 0.5) is 13.2 Å². The van der Waals surface area contributed by atoms with Gasteiger partial charge in [0.25, 0.3) is 6.43 Å². The number of benzene rings is 1. The molecule has 0 saturated heterocycles. The van der Waals surface area contributed by atoms with Gasteiger partial charge in [0.15, 0.2) is 6.29 Å². The van der Waals surface area contributed by atoms with E-state index in [0.29, 0.717) is 0 Å². The summed E-state index contributed by atoms with van der Waals surface area (Å²) in [5.41, 5.74) is -0.340. The normalized spacial score (nSPS) is 10.3. The van der Waals surface area contributed by atoms with Gasteiger partial charge in [-0.3, -0.25) is 4.79 Å². The number of alkyl halides is 2. The lowest BCUT2D eigenvalue weighted by atomic mass is 10.2. The van der Waals surface area contributed by atoms with Crippen LogP contribution in [-0.2, 0) is 0 Å². The van der Waals surface area contributed by atoms with Crippen molar-refractivity contribution >= 4 is 6.29 Å². The third-order valence-electron chi connectivity index (χ3n) is 1.50. The van der Waals surface area contributed by atoms with Crippen molar-refractivity contribution in [2.24, 2.45) is 0 Å². The quantitative estimate of drug-likeness (QED) is 0.703. The fourth-order valence-corrected chi connectivity index (χ4v) is 0.910. The molecular formula is C9H7F3O2. The molecule has 5 heteroatoms. The number of aldehydes is 1. The average Bonchev–Trinajstić information content (AvgIpc) is 2.14. The minimum absolute atomic E-state index is 0.166. The van der Waals surface area contributed by atoms with Crippen molar-refractivity contribution in [2.45, 2.75) is 6.43 Å². The summed E-state index contributed by atoms with van der Waals surface area (Å²) in [6, 6.07) is 3.59. The zero-order valence-corrected chi connectivity index (χ0v) is 7.04. The number of halogens is 3. The maximum absolute atomic E-state index is 12.9. The highest BCUT2D eigenvalue weighted by Crippen LogP contribution is 2.19. The first-order valence-corrected chi connectivity index (χ1v) is 3.79. The molecule has 14 heavy (non-hydrogen) atoms. The van der Waals surface area contributed by atoms with Crippen molar-refractivity contribution < 1.29 is 22.7 Å². The van der Waals surface area contributed by atoms with Crippen LogP contribution in [0.1, 0.15) is 10.4 Å². The standard InChI is InChI=1S/C9H7F3O2/c10-7-2-1-3-8(6(7)4-13)14-5-9(11)12/h1-4,9H,5H2. The van der Waals surface area contributed by atoms with Crippen LogP contribution < -0.4 is 4.74 Å². The van der Waals surface area contributed by atoms with Gasteiger partial charge in [0.05, 0.1) is 5.56 Å². The van der Waals surface area contributed by atoms with Gasteiger partial charge < -0.3 is 4.74 Å². The highest BCUT2D eigenvalue weighted by molar-refractivity contribution is 5.79. The summed E-state index contributed by atoms with van der Waals surface area (Å²) in [5.74, 6) is -0.952. The fourth-order valence-electron chi connectivity index (χ4n) is 0.910. The Bertz CT molecular complexity index is 326. The van der Waals surface area contributed by atoms with Gasteiger partial charge in [-0.15, -0.1) is 0 Å². The van der Waals surface area contributed by atoms with Crippen LogP contribution in [0.3, 0.4) is 0 Å². The lowest BCUT2D eigenvalue weighted by Crippen LogP contribution is -2.08. The maximum Gasteiger partial charge on any atom is 0.272 e. The Hall–Kier alpha value is -1.52. The largest absolute Gasteiger partial charge is 0.487 e. The second kappa shape index (κ2) is 4.64. The molecular weight excluding hydrogens is 197 g/mol. The topological polar surface area (TPSA) is 26.3 Å². The van der Waals surface area contributed by atoms with Gasteiger partial charge in [-0.1, -0.05) is 6.07 Å². The molecule has 0 aliphatic heterocycles. The van der Waals surface area contributed by atoms with E-state index in [4.69, 9.17) is 0 Å². The third kappa shape index (κ3) is 2.48. The molecule has 0 N–H and O–H groups in total. The number of carbonyl (C=O) groups is 1. The third-order valence-corrected chi connectivity index (χ3v) is 1.50. The van der Waals surface area contributed by atoms with Crippen molar-refractivity contribution in [3.63, 3.8) is 0 Å². The van der Waals surface area contributed by atoms with E-state index in [2.05, 4.69) is 4.74 Å². The molecule has 0 fully saturated rings. The summed E-state index contributed by atoms with van der Waals surface area (Å²) in [6.07, 6.45) is -2.42. The van der Waals surface area contributed by atoms with Crippen LogP contribution in [0.5, 0.6) is 5.75 Å². The number of hydrogen-bond donors (Lipinski definition) is 0. The smallest absolute Gasteiger partial charge is 0.272 e. The minimum atomic E-state index is -2.65. The van der Waals surface area contributed by atoms with Crippen molar-refractivity contribution in [3.05, 3.63) is 29.6 Å². The lowest BCUT2D eigenvalue weighted by Gasteiger charge is -2.07. The van der Waals surface area contributed by atoms with Crippen molar-refractivity contribution in [1.29, 1.82) is 0 Å². The molecule has 1 aromatic carbocycles. The molecule has 0 radical (unpaired) electrons. The second-order valence-electron chi connectivity index (χ2n) is 2.47. The molecule has 76 valence electrons. The highest BCUT2D eigenvalue weighted by atomic mass is 19.3. The monoisotopic (exact) mass is 204 g/mol. The molecule has 2 nitrogen and oxygen atoms in total. The van der Waals surface area contributed by atoms with Gasteiger partial charge in [0.2, 0.25) is 0 Å². The average molecular weight is 204 g/mol. The second-order valence-corrected chi connectivity index (χ2v) is 2.47. The van der Waals surface area contributed by atoms with Gasteiger partial charge in [-0.25, -0.2) is 13.2 Å². The number of carbonyl (C=O) groups excluding carboxylic acids is 1. The maximum atomic E-state index is 12.9. The van der Waals surface area contributed by atoms with E-state index in [9.17, 15) is 18.0 Å². The van der Waals surface area contributed by atoms with E-state index in [1.807, 2.05) is 0 Å². The number of rotatable bonds is 4. The van der Waals surface area contributed by atoms with Gasteiger partial charge in [-0.05, 0) is 12.1 Å². The molecule has 0 aliphatic carbocycles. The van der Waals surface area contributed by atoms with E-state index >= 15 is 0 Å². The van der Waals surface area contributed by atoms with Crippen molar-refractivity contribution in [2.75, 3.05) is 6.61 Å². The Labute approximate surface area is 78.3 Å². The van der Waals surface area contributed by atoms with Crippen molar-refractivity contribution in [1.82, 2.24) is 0 Å². The van der Waals surface area contributed by atoms with Crippen LogP contribution in [-0.4, -0.2) is 19.3 Å². The van der Waals surface area contributed by atoms with Crippen molar-refractivity contribution in [3.8, 4) is 5.75 Å². The molecule has 1 aromatic rings. The Morgan fingerprint density at radius 2 is 2.14 bits per heavy atom. The predicted octanol–water partition coefficient (Wildman–Crippen LogP) is 2.28. The lowest BCUT2D eigenvalue weighted by molar-refractivity contribution is 0.0807. The van der Waals surface area contributed by atoms with Crippen LogP contribution in [0.15, 0.2) is 18.2 Å². The molecule has 0 amide bonds. The SMILES string of the molecule is O=Cc1c(F)cccc1OCC(F)F. The Balaban J connectivity index is 2.85. The van der Waals surface area contributed by atoms with E-state index < -0.39 is 18.8 Å². The first kappa shape index (κ1) is 10.6.